The summed E-state index contributed by atoms with van der Waals surface area (Å²) in [4.78, 5) is 4.13. The van der Waals surface area contributed by atoms with Crippen LogP contribution < -0.4 is 10.5 Å². The molecule has 3 aromatic rings. The Hall–Kier alpha value is -2.65. The second-order valence-electron chi connectivity index (χ2n) is 5.04. The summed E-state index contributed by atoms with van der Waals surface area (Å²) in [6.45, 7) is 1.03. The molecule has 110 valence electrons. The van der Waals surface area contributed by atoms with Gasteiger partial charge in [-0.3, -0.25) is 4.98 Å². The van der Waals surface area contributed by atoms with Gasteiger partial charge < -0.3 is 10.5 Å². The first kappa shape index (κ1) is 14.3. The molecule has 0 saturated carbocycles. The van der Waals surface area contributed by atoms with Crippen molar-refractivity contribution in [1.82, 2.24) is 4.98 Å². The third-order valence-electron chi connectivity index (χ3n) is 3.52. The predicted molar refractivity (Wildman–Crippen MR) is 88.3 cm³/mol. The minimum absolute atomic E-state index is 0.471. The maximum Gasteiger partial charge on any atom is 0.120 e. The maximum atomic E-state index is 5.88. The number of aromatic nitrogens is 1. The molecule has 0 aliphatic rings. The molecule has 0 atom stereocenters. The standard InChI is InChI=1S/C19H18N2O/c20-12-17-13-21-10-9-19(17)16-7-4-8-18(11-16)22-14-15-5-2-1-3-6-15/h1-11,13H,12,14,20H2. The van der Waals surface area contributed by atoms with Crippen LogP contribution in [0.5, 0.6) is 5.75 Å². The van der Waals surface area contributed by atoms with Gasteiger partial charge in [0, 0.05) is 18.9 Å². The second-order valence-corrected chi connectivity index (χ2v) is 5.04. The van der Waals surface area contributed by atoms with Crippen LogP contribution in [0.2, 0.25) is 0 Å². The fourth-order valence-corrected chi connectivity index (χ4v) is 2.37. The highest BCUT2D eigenvalue weighted by atomic mass is 16.5. The van der Waals surface area contributed by atoms with E-state index >= 15 is 0 Å². The van der Waals surface area contributed by atoms with Gasteiger partial charge in [-0.1, -0.05) is 42.5 Å². The zero-order chi connectivity index (χ0) is 15.2. The molecular formula is C19H18N2O. The molecule has 0 spiro atoms. The first-order valence-corrected chi connectivity index (χ1v) is 7.27. The molecule has 2 N–H and O–H groups in total. The van der Waals surface area contributed by atoms with Crippen molar-refractivity contribution < 1.29 is 4.74 Å². The fraction of sp³-hybridized carbons (Fsp3) is 0.105. The molecule has 0 unspecified atom stereocenters. The summed E-state index contributed by atoms with van der Waals surface area (Å²) in [6, 6.07) is 20.2. The van der Waals surface area contributed by atoms with Crippen LogP contribution in [-0.4, -0.2) is 4.98 Å². The van der Waals surface area contributed by atoms with Crippen LogP contribution in [0.4, 0.5) is 0 Å². The van der Waals surface area contributed by atoms with Crippen LogP contribution in [0.1, 0.15) is 11.1 Å². The molecule has 22 heavy (non-hydrogen) atoms. The number of hydrogen-bond donors (Lipinski definition) is 1. The van der Waals surface area contributed by atoms with Gasteiger partial charge in [-0.05, 0) is 40.5 Å². The summed E-state index contributed by atoms with van der Waals surface area (Å²) >= 11 is 0. The summed E-state index contributed by atoms with van der Waals surface area (Å²) < 4.78 is 5.88. The molecular weight excluding hydrogens is 272 g/mol. The summed E-state index contributed by atoms with van der Waals surface area (Å²) in [6.07, 6.45) is 3.60. The van der Waals surface area contributed by atoms with Crippen molar-refractivity contribution in [1.29, 1.82) is 0 Å². The second kappa shape index (κ2) is 6.87. The average molecular weight is 290 g/mol. The van der Waals surface area contributed by atoms with Crippen molar-refractivity contribution in [3.05, 3.63) is 84.2 Å². The first-order valence-electron chi connectivity index (χ1n) is 7.27. The number of pyridine rings is 1. The molecule has 2 aromatic carbocycles. The normalized spacial score (nSPS) is 10.4. The zero-order valence-corrected chi connectivity index (χ0v) is 12.3. The fourth-order valence-electron chi connectivity index (χ4n) is 2.37. The molecule has 3 heteroatoms. The molecule has 0 amide bonds. The largest absolute Gasteiger partial charge is 0.489 e. The lowest BCUT2D eigenvalue weighted by Crippen LogP contribution is -2.00. The van der Waals surface area contributed by atoms with Gasteiger partial charge in [0.1, 0.15) is 12.4 Å². The molecule has 0 aliphatic heterocycles. The number of benzene rings is 2. The lowest BCUT2D eigenvalue weighted by Gasteiger charge is -2.10. The Kier molecular flexibility index (Phi) is 4.47. The first-order chi connectivity index (χ1) is 10.9. The molecule has 0 radical (unpaired) electrons. The van der Waals surface area contributed by atoms with E-state index in [2.05, 4.69) is 23.2 Å². The molecule has 0 saturated heterocycles. The quantitative estimate of drug-likeness (QED) is 0.777. The van der Waals surface area contributed by atoms with Gasteiger partial charge in [0.15, 0.2) is 0 Å². The van der Waals surface area contributed by atoms with Crippen LogP contribution in [-0.2, 0) is 13.2 Å². The van der Waals surface area contributed by atoms with E-state index in [4.69, 9.17) is 10.5 Å². The molecule has 1 heterocycles. The van der Waals surface area contributed by atoms with Crippen molar-refractivity contribution in [2.75, 3.05) is 0 Å². The number of ether oxygens (including phenoxy) is 1. The van der Waals surface area contributed by atoms with E-state index < -0.39 is 0 Å². The van der Waals surface area contributed by atoms with Crippen molar-refractivity contribution in [2.24, 2.45) is 5.73 Å². The highest BCUT2D eigenvalue weighted by molar-refractivity contribution is 5.68. The average Bonchev–Trinajstić information content (AvgIpc) is 2.61. The monoisotopic (exact) mass is 290 g/mol. The van der Waals surface area contributed by atoms with Crippen LogP contribution in [0, 0.1) is 0 Å². The van der Waals surface area contributed by atoms with E-state index in [0.29, 0.717) is 13.2 Å². The summed E-state index contributed by atoms with van der Waals surface area (Å²) in [5, 5.41) is 0. The summed E-state index contributed by atoms with van der Waals surface area (Å²) in [7, 11) is 0. The van der Waals surface area contributed by atoms with E-state index in [1.54, 1.807) is 6.20 Å². The highest BCUT2D eigenvalue weighted by Crippen LogP contribution is 2.26. The SMILES string of the molecule is NCc1cnccc1-c1cccc(OCc2ccccc2)c1. The smallest absolute Gasteiger partial charge is 0.120 e. The minimum atomic E-state index is 0.471. The zero-order valence-electron chi connectivity index (χ0n) is 12.3. The highest BCUT2D eigenvalue weighted by Gasteiger charge is 2.05. The third kappa shape index (κ3) is 3.32. The molecule has 0 aliphatic carbocycles. The van der Waals surface area contributed by atoms with Crippen molar-refractivity contribution in [2.45, 2.75) is 13.2 Å². The van der Waals surface area contributed by atoms with E-state index in [1.807, 2.05) is 48.7 Å². The van der Waals surface area contributed by atoms with Crippen molar-refractivity contribution in [3.63, 3.8) is 0 Å². The summed E-state index contributed by atoms with van der Waals surface area (Å²) in [5.74, 6) is 0.848. The van der Waals surface area contributed by atoms with Crippen molar-refractivity contribution >= 4 is 0 Å². The Bertz CT molecular complexity index is 741. The van der Waals surface area contributed by atoms with Gasteiger partial charge in [0.05, 0.1) is 0 Å². The molecule has 0 bridgehead atoms. The van der Waals surface area contributed by atoms with Gasteiger partial charge in [0.25, 0.3) is 0 Å². The minimum Gasteiger partial charge on any atom is -0.489 e. The summed E-state index contributed by atoms with van der Waals surface area (Å²) in [5.41, 5.74) is 10.2. The number of hydrogen-bond acceptors (Lipinski definition) is 3. The Morgan fingerprint density at radius 2 is 1.82 bits per heavy atom. The lowest BCUT2D eigenvalue weighted by atomic mass is 10.0. The Labute approximate surface area is 130 Å². The molecule has 1 aromatic heterocycles. The van der Waals surface area contributed by atoms with Crippen LogP contribution in [0.3, 0.4) is 0 Å². The molecule has 3 nitrogen and oxygen atoms in total. The Balaban J connectivity index is 1.81. The number of nitrogens with zero attached hydrogens (tertiary/aromatic N) is 1. The van der Waals surface area contributed by atoms with Gasteiger partial charge in [-0.25, -0.2) is 0 Å². The maximum absolute atomic E-state index is 5.88. The Morgan fingerprint density at radius 3 is 2.64 bits per heavy atom. The number of rotatable bonds is 5. The van der Waals surface area contributed by atoms with Gasteiger partial charge in [-0.15, -0.1) is 0 Å². The number of nitrogens with two attached hydrogens (primary N) is 1. The van der Waals surface area contributed by atoms with Gasteiger partial charge in [-0.2, -0.15) is 0 Å². The van der Waals surface area contributed by atoms with Gasteiger partial charge in [0.2, 0.25) is 0 Å². The van der Waals surface area contributed by atoms with Crippen LogP contribution in [0.25, 0.3) is 11.1 Å². The topological polar surface area (TPSA) is 48.1 Å². The van der Waals surface area contributed by atoms with Crippen LogP contribution in [0.15, 0.2) is 73.1 Å². The van der Waals surface area contributed by atoms with E-state index in [0.717, 1.165) is 28.0 Å². The van der Waals surface area contributed by atoms with E-state index in [9.17, 15) is 0 Å². The lowest BCUT2D eigenvalue weighted by molar-refractivity contribution is 0.306. The predicted octanol–water partition coefficient (Wildman–Crippen LogP) is 3.79. The third-order valence-corrected chi connectivity index (χ3v) is 3.52. The molecule has 3 rings (SSSR count). The van der Waals surface area contributed by atoms with E-state index in [-0.39, 0.29) is 0 Å². The van der Waals surface area contributed by atoms with E-state index in [1.165, 1.54) is 0 Å². The molecule has 0 fully saturated rings. The Morgan fingerprint density at radius 1 is 0.955 bits per heavy atom. The van der Waals surface area contributed by atoms with Gasteiger partial charge >= 0.3 is 0 Å². The van der Waals surface area contributed by atoms with Crippen LogP contribution >= 0.6 is 0 Å². The van der Waals surface area contributed by atoms with Crippen molar-refractivity contribution in [3.8, 4) is 16.9 Å².